The summed E-state index contributed by atoms with van der Waals surface area (Å²) in [5, 5.41) is 7.54. The molecule has 1 heterocycles. The summed E-state index contributed by atoms with van der Waals surface area (Å²) in [6.07, 6.45) is 0. The third-order valence-electron chi connectivity index (χ3n) is 11.8. The van der Waals surface area contributed by atoms with Crippen molar-refractivity contribution in [3.05, 3.63) is 199 Å². The zero-order valence-corrected chi connectivity index (χ0v) is 31.6. The Morgan fingerprint density at radius 1 is 0.418 bits per heavy atom. The molecule has 1 aliphatic rings. The van der Waals surface area contributed by atoms with Crippen molar-refractivity contribution in [1.82, 2.24) is 0 Å². The third kappa shape index (κ3) is 4.99. The Labute approximate surface area is 325 Å². The highest BCUT2D eigenvalue weighted by Gasteiger charge is 2.36. The molecular weight excluding hydrogens is 683 g/mol. The van der Waals surface area contributed by atoms with Crippen LogP contribution in [0.5, 0.6) is 0 Å². The molecule has 1 nitrogen and oxygen atoms in total. The normalized spacial score (nSPS) is 13.1. The van der Waals surface area contributed by atoms with E-state index in [1.807, 2.05) is 11.3 Å². The van der Waals surface area contributed by atoms with Crippen LogP contribution in [0.2, 0.25) is 0 Å². The summed E-state index contributed by atoms with van der Waals surface area (Å²) in [6.45, 7) is 4.75. The van der Waals surface area contributed by atoms with Gasteiger partial charge in [-0.05, 0) is 103 Å². The third-order valence-corrected chi connectivity index (χ3v) is 13.0. The van der Waals surface area contributed by atoms with Crippen LogP contribution in [0.4, 0.5) is 17.1 Å². The first-order valence-electron chi connectivity index (χ1n) is 19.1. The molecule has 2 heteroatoms. The van der Waals surface area contributed by atoms with Crippen LogP contribution in [0, 0.1) is 0 Å². The Morgan fingerprint density at radius 2 is 1.02 bits per heavy atom. The van der Waals surface area contributed by atoms with Crippen LogP contribution in [-0.2, 0) is 5.41 Å². The van der Waals surface area contributed by atoms with Crippen molar-refractivity contribution in [2.45, 2.75) is 19.3 Å². The summed E-state index contributed by atoms with van der Waals surface area (Å²) in [5.74, 6) is 0. The lowest BCUT2D eigenvalue weighted by Gasteiger charge is -2.31. The van der Waals surface area contributed by atoms with E-state index in [2.05, 4.69) is 207 Å². The molecule has 1 aromatic heterocycles. The highest BCUT2D eigenvalue weighted by Crippen LogP contribution is 2.53. The molecule has 260 valence electrons. The van der Waals surface area contributed by atoms with E-state index in [-0.39, 0.29) is 5.41 Å². The van der Waals surface area contributed by atoms with Crippen molar-refractivity contribution in [2.24, 2.45) is 0 Å². The highest BCUT2D eigenvalue weighted by molar-refractivity contribution is 7.26. The number of thiophene rings is 1. The van der Waals surface area contributed by atoms with Gasteiger partial charge in [0.1, 0.15) is 0 Å². The Morgan fingerprint density at radius 3 is 1.84 bits per heavy atom. The fourth-order valence-corrected chi connectivity index (χ4v) is 10.3. The van der Waals surface area contributed by atoms with Crippen molar-refractivity contribution >= 4 is 70.1 Å². The molecular formula is C53H37NS. The molecule has 10 aromatic rings. The minimum atomic E-state index is -0.134. The molecule has 0 unspecified atom stereocenters. The lowest BCUT2D eigenvalue weighted by molar-refractivity contribution is 0.660. The second-order valence-corrected chi connectivity index (χ2v) is 16.4. The Balaban J connectivity index is 1.23. The minimum Gasteiger partial charge on any atom is -0.308 e. The monoisotopic (exact) mass is 719 g/mol. The van der Waals surface area contributed by atoms with E-state index in [9.17, 15) is 0 Å². The fourth-order valence-electron chi connectivity index (χ4n) is 9.12. The first kappa shape index (κ1) is 32.0. The van der Waals surface area contributed by atoms with E-state index < -0.39 is 0 Å². The molecule has 0 spiro atoms. The van der Waals surface area contributed by atoms with Gasteiger partial charge in [-0.1, -0.05) is 159 Å². The number of nitrogens with zero attached hydrogens (tertiary/aromatic N) is 1. The van der Waals surface area contributed by atoms with Crippen LogP contribution < -0.4 is 4.90 Å². The number of rotatable bonds is 5. The molecule has 9 aromatic carbocycles. The summed E-state index contributed by atoms with van der Waals surface area (Å²) < 4.78 is 2.59. The first-order chi connectivity index (χ1) is 27.0. The van der Waals surface area contributed by atoms with E-state index in [4.69, 9.17) is 0 Å². The van der Waals surface area contributed by atoms with Crippen molar-refractivity contribution in [3.63, 3.8) is 0 Å². The summed E-state index contributed by atoms with van der Waals surface area (Å²) in [6, 6.07) is 69.9. The van der Waals surface area contributed by atoms with E-state index in [0.29, 0.717) is 0 Å². The van der Waals surface area contributed by atoms with Crippen LogP contribution in [0.1, 0.15) is 25.0 Å². The van der Waals surface area contributed by atoms with Crippen LogP contribution >= 0.6 is 11.3 Å². The largest absolute Gasteiger partial charge is 0.308 e. The molecule has 0 bridgehead atoms. The zero-order valence-electron chi connectivity index (χ0n) is 30.8. The van der Waals surface area contributed by atoms with Crippen molar-refractivity contribution in [3.8, 4) is 33.4 Å². The van der Waals surface area contributed by atoms with Gasteiger partial charge in [-0.15, -0.1) is 11.3 Å². The molecule has 1 aliphatic carbocycles. The molecule has 0 fully saturated rings. The highest BCUT2D eigenvalue weighted by atomic mass is 32.1. The van der Waals surface area contributed by atoms with Crippen molar-refractivity contribution in [2.75, 3.05) is 4.90 Å². The lowest BCUT2D eigenvalue weighted by Crippen LogP contribution is -2.17. The Bertz CT molecular complexity index is 3150. The number of hydrogen-bond donors (Lipinski definition) is 0. The van der Waals surface area contributed by atoms with Crippen LogP contribution in [0.25, 0.3) is 75.1 Å². The molecule has 0 atom stereocenters. The molecule has 0 saturated carbocycles. The Kier molecular flexibility index (Phi) is 7.14. The molecule has 0 amide bonds. The topological polar surface area (TPSA) is 3.24 Å². The van der Waals surface area contributed by atoms with Gasteiger partial charge in [-0.2, -0.15) is 0 Å². The van der Waals surface area contributed by atoms with Gasteiger partial charge in [0.15, 0.2) is 0 Å². The molecule has 0 radical (unpaired) electrons. The van der Waals surface area contributed by atoms with Crippen LogP contribution in [-0.4, -0.2) is 0 Å². The van der Waals surface area contributed by atoms with E-state index in [1.54, 1.807) is 0 Å². The van der Waals surface area contributed by atoms with Gasteiger partial charge in [0, 0.05) is 32.1 Å². The molecule has 0 aliphatic heterocycles. The second-order valence-electron chi connectivity index (χ2n) is 15.3. The summed E-state index contributed by atoms with van der Waals surface area (Å²) in [4.78, 5) is 2.55. The lowest BCUT2D eigenvalue weighted by atomic mass is 9.82. The number of benzene rings is 9. The molecule has 0 saturated heterocycles. The van der Waals surface area contributed by atoms with Crippen LogP contribution in [0.15, 0.2) is 188 Å². The molecule has 55 heavy (non-hydrogen) atoms. The fraction of sp³-hybridized carbons (Fsp3) is 0.0566. The maximum atomic E-state index is 2.55. The van der Waals surface area contributed by atoms with Gasteiger partial charge in [-0.3, -0.25) is 0 Å². The van der Waals surface area contributed by atoms with Gasteiger partial charge in [0.25, 0.3) is 0 Å². The standard InChI is InChI=1S/C53H37NS/c1-53(2)46-21-9-7-17-42(46)43-30-29-40(33-47(43)53)54(49-23-12-20-45-44-18-8-10-24-50(44)55-52(45)49)48-22-11-19-41(38-27-25-34-13-3-5-15-36(34)31-38)51(48)39-28-26-35-14-4-6-16-37(35)32-39/h3-33H,1-2H3. The van der Waals surface area contributed by atoms with Crippen LogP contribution in [0.3, 0.4) is 0 Å². The maximum absolute atomic E-state index is 2.55. The predicted octanol–water partition coefficient (Wildman–Crippen LogP) is 15.5. The summed E-state index contributed by atoms with van der Waals surface area (Å²) in [7, 11) is 0. The molecule has 11 rings (SSSR count). The van der Waals surface area contributed by atoms with Crippen molar-refractivity contribution < 1.29 is 0 Å². The SMILES string of the molecule is CC1(C)c2ccccc2-c2ccc(N(c3cccc(-c4ccc5ccccc5c4)c3-c3ccc4ccccc4c3)c3cccc4c3sc3ccccc34)cc21. The van der Waals surface area contributed by atoms with Gasteiger partial charge in [-0.25, -0.2) is 0 Å². The smallest absolute Gasteiger partial charge is 0.0640 e. The first-order valence-corrected chi connectivity index (χ1v) is 19.9. The number of anilines is 3. The van der Waals surface area contributed by atoms with E-state index in [1.165, 1.54) is 91.9 Å². The average Bonchev–Trinajstić information content (AvgIpc) is 3.73. The van der Waals surface area contributed by atoms with Gasteiger partial charge in [0.05, 0.1) is 16.1 Å². The number of hydrogen-bond acceptors (Lipinski definition) is 2. The average molecular weight is 720 g/mol. The minimum absolute atomic E-state index is 0.134. The maximum Gasteiger partial charge on any atom is 0.0640 e. The predicted molar refractivity (Wildman–Crippen MR) is 237 cm³/mol. The second kappa shape index (κ2) is 12.3. The summed E-state index contributed by atoms with van der Waals surface area (Å²) in [5.41, 5.74) is 13.6. The number of fused-ring (bicyclic) bond motifs is 8. The van der Waals surface area contributed by atoms with E-state index in [0.717, 1.165) is 11.4 Å². The molecule has 0 N–H and O–H groups in total. The Hall–Kier alpha value is -6.48. The van der Waals surface area contributed by atoms with Gasteiger partial charge < -0.3 is 4.90 Å². The summed E-state index contributed by atoms with van der Waals surface area (Å²) >= 11 is 1.88. The van der Waals surface area contributed by atoms with Gasteiger partial charge >= 0.3 is 0 Å². The van der Waals surface area contributed by atoms with Gasteiger partial charge in [0.2, 0.25) is 0 Å². The van der Waals surface area contributed by atoms with E-state index >= 15 is 0 Å². The van der Waals surface area contributed by atoms with Crippen molar-refractivity contribution in [1.29, 1.82) is 0 Å². The quantitative estimate of drug-likeness (QED) is 0.171. The zero-order chi connectivity index (χ0) is 36.7.